The maximum atomic E-state index is 12.4. The smallest absolute Gasteiger partial charge is 0.337 e. The van der Waals surface area contributed by atoms with Crippen molar-refractivity contribution >= 4 is 29.2 Å². The Bertz CT molecular complexity index is 861. The van der Waals surface area contributed by atoms with Gasteiger partial charge < -0.3 is 14.8 Å². The monoisotopic (exact) mass is 354 g/mol. The first kappa shape index (κ1) is 17.5. The highest BCUT2D eigenvalue weighted by molar-refractivity contribution is 6.05. The molecule has 2 aromatic rings. The zero-order valence-electron chi connectivity index (χ0n) is 14.4. The van der Waals surface area contributed by atoms with Crippen LogP contribution in [0.15, 0.2) is 42.5 Å². The summed E-state index contributed by atoms with van der Waals surface area (Å²) in [5.41, 5.74) is 2.45. The highest BCUT2D eigenvalue weighted by atomic mass is 16.5. The third kappa shape index (κ3) is 3.66. The molecule has 0 atom stereocenters. The van der Waals surface area contributed by atoms with Gasteiger partial charge in [0.05, 0.1) is 18.4 Å². The highest BCUT2D eigenvalue weighted by Crippen LogP contribution is 2.32. The minimum absolute atomic E-state index is 0.100. The number of amides is 2. The molecule has 7 heteroatoms. The van der Waals surface area contributed by atoms with E-state index in [0.29, 0.717) is 22.7 Å². The van der Waals surface area contributed by atoms with E-state index in [-0.39, 0.29) is 25.0 Å². The van der Waals surface area contributed by atoms with Crippen LogP contribution in [-0.2, 0) is 14.3 Å². The molecule has 0 bridgehead atoms. The van der Waals surface area contributed by atoms with Gasteiger partial charge in [0, 0.05) is 5.69 Å². The predicted molar refractivity (Wildman–Crippen MR) is 95.4 cm³/mol. The van der Waals surface area contributed by atoms with Gasteiger partial charge in [0.15, 0.2) is 6.61 Å². The second-order valence-corrected chi connectivity index (χ2v) is 5.86. The van der Waals surface area contributed by atoms with Crippen LogP contribution in [0.2, 0.25) is 0 Å². The summed E-state index contributed by atoms with van der Waals surface area (Å²) in [5.74, 6) is -0.503. The highest BCUT2D eigenvalue weighted by Gasteiger charge is 2.27. The van der Waals surface area contributed by atoms with Crippen molar-refractivity contribution in [1.29, 1.82) is 0 Å². The molecule has 0 unspecified atom stereocenters. The molecule has 26 heavy (non-hydrogen) atoms. The topological polar surface area (TPSA) is 84.9 Å². The number of ether oxygens (including phenoxy) is 2. The fourth-order valence-electron chi connectivity index (χ4n) is 2.64. The van der Waals surface area contributed by atoms with Crippen LogP contribution in [-0.4, -0.2) is 38.0 Å². The number of methoxy groups -OCH3 is 1. The number of aryl methyl sites for hydroxylation is 1. The number of nitrogens with one attached hydrogen (secondary N) is 1. The van der Waals surface area contributed by atoms with Crippen molar-refractivity contribution in [3.8, 4) is 5.75 Å². The maximum absolute atomic E-state index is 12.4. The zero-order chi connectivity index (χ0) is 18.7. The van der Waals surface area contributed by atoms with Gasteiger partial charge in [-0.3, -0.25) is 14.5 Å². The molecular formula is C19H18N2O5. The number of esters is 1. The average Bonchev–Trinajstić information content (AvgIpc) is 2.64. The average molecular weight is 354 g/mol. The van der Waals surface area contributed by atoms with Gasteiger partial charge >= 0.3 is 5.97 Å². The minimum Gasteiger partial charge on any atom is -0.482 e. The normalized spacial score (nSPS) is 12.8. The standard InChI is InChI=1S/C19H18N2O5/c1-12-3-8-16-15(9-12)21(18(23)11-26-16)10-17(22)20-14-6-4-13(5-7-14)19(24)25-2/h3-9H,10-11H2,1-2H3,(H,20,22). The van der Waals surface area contributed by atoms with Crippen LogP contribution in [0.1, 0.15) is 15.9 Å². The summed E-state index contributed by atoms with van der Waals surface area (Å²) in [6.45, 7) is 1.68. The lowest BCUT2D eigenvalue weighted by Gasteiger charge is -2.29. The van der Waals surface area contributed by atoms with Gasteiger partial charge in [-0.05, 0) is 48.9 Å². The van der Waals surface area contributed by atoms with Crippen LogP contribution in [0.25, 0.3) is 0 Å². The Morgan fingerprint density at radius 2 is 1.92 bits per heavy atom. The Kier molecular flexibility index (Phi) is 4.88. The molecule has 0 aromatic heterocycles. The van der Waals surface area contributed by atoms with E-state index in [9.17, 15) is 14.4 Å². The molecule has 2 aromatic carbocycles. The summed E-state index contributed by atoms with van der Waals surface area (Å²) in [6, 6.07) is 11.8. The number of hydrogen-bond acceptors (Lipinski definition) is 5. The van der Waals surface area contributed by atoms with Crippen LogP contribution < -0.4 is 15.0 Å². The SMILES string of the molecule is COC(=O)c1ccc(NC(=O)CN2C(=O)COc3ccc(C)cc32)cc1. The van der Waals surface area contributed by atoms with Crippen LogP contribution in [0.5, 0.6) is 5.75 Å². The third-order valence-electron chi connectivity index (χ3n) is 3.95. The van der Waals surface area contributed by atoms with Crippen molar-refractivity contribution in [1.82, 2.24) is 0 Å². The van der Waals surface area contributed by atoms with Crippen molar-refractivity contribution in [2.45, 2.75) is 6.92 Å². The Morgan fingerprint density at radius 1 is 1.19 bits per heavy atom. The molecule has 0 fully saturated rings. The Balaban J connectivity index is 1.71. The van der Waals surface area contributed by atoms with Crippen molar-refractivity contribution in [3.63, 3.8) is 0 Å². The molecule has 0 spiro atoms. The second-order valence-electron chi connectivity index (χ2n) is 5.86. The summed E-state index contributed by atoms with van der Waals surface area (Å²) in [6.07, 6.45) is 0. The van der Waals surface area contributed by atoms with Gasteiger partial charge in [-0.25, -0.2) is 4.79 Å². The van der Waals surface area contributed by atoms with E-state index in [2.05, 4.69) is 10.1 Å². The number of benzene rings is 2. The predicted octanol–water partition coefficient (Wildman–Crippen LogP) is 2.15. The second kappa shape index (κ2) is 7.26. The van der Waals surface area contributed by atoms with Gasteiger partial charge in [-0.2, -0.15) is 0 Å². The maximum Gasteiger partial charge on any atom is 0.337 e. The summed E-state index contributed by atoms with van der Waals surface area (Å²) in [7, 11) is 1.30. The lowest BCUT2D eigenvalue weighted by atomic mass is 10.1. The first-order valence-electron chi connectivity index (χ1n) is 8.00. The minimum atomic E-state index is -0.450. The van der Waals surface area contributed by atoms with Crippen molar-refractivity contribution in [2.75, 3.05) is 30.5 Å². The van der Waals surface area contributed by atoms with Crippen LogP contribution >= 0.6 is 0 Å². The molecule has 134 valence electrons. The number of fused-ring (bicyclic) bond motifs is 1. The molecule has 3 rings (SSSR count). The van der Waals surface area contributed by atoms with E-state index in [1.54, 1.807) is 30.3 Å². The number of nitrogens with zero attached hydrogens (tertiary/aromatic N) is 1. The quantitative estimate of drug-likeness (QED) is 0.851. The Morgan fingerprint density at radius 3 is 2.62 bits per heavy atom. The number of hydrogen-bond donors (Lipinski definition) is 1. The molecule has 7 nitrogen and oxygen atoms in total. The number of carbonyl (C=O) groups is 3. The third-order valence-corrected chi connectivity index (χ3v) is 3.95. The lowest BCUT2D eigenvalue weighted by molar-refractivity contribution is -0.123. The molecule has 1 aliphatic heterocycles. The van der Waals surface area contributed by atoms with Gasteiger partial charge in [0.1, 0.15) is 12.3 Å². The summed E-state index contributed by atoms with van der Waals surface area (Å²) in [5, 5.41) is 2.71. The number of carbonyl (C=O) groups excluding carboxylic acids is 3. The van der Waals surface area contributed by atoms with E-state index in [1.165, 1.54) is 12.0 Å². The van der Waals surface area contributed by atoms with Gasteiger partial charge in [0.25, 0.3) is 5.91 Å². The van der Waals surface area contributed by atoms with Gasteiger partial charge in [-0.1, -0.05) is 6.07 Å². The Hall–Kier alpha value is -3.35. The molecule has 2 amide bonds. The Labute approximate surface area is 150 Å². The van der Waals surface area contributed by atoms with Gasteiger partial charge in [-0.15, -0.1) is 0 Å². The molecule has 0 saturated heterocycles. The largest absolute Gasteiger partial charge is 0.482 e. The summed E-state index contributed by atoms with van der Waals surface area (Å²) in [4.78, 5) is 37.4. The van der Waals surface area contributed by atoms with E-state index >= 15 is 0 Å². The summed E-state index contributed by atoms with van der Waals surface area (Å²) >= 11 is 0. The van der Waals surface area contributed by atoms with Crippen LogP contribution in [0, 0.1) is 6.92 Å². The van der Waals surface area contributed by atoms with E-state index in [4.69, 9.17) is 4.74 Å². The number of anilines is 2. The van der Waals surface area contributed by atoms with Crippen molar-refractivity contribution in [2.24, 2.45) is 0 Å². The van der Waals surface area contributed by atoms with Crippen LogP contribution in [0.3, 0.4) is 0 Å². The number of rotatable bonds is 4. The fraction of sp³-hybridized carbons (Fsp3) is 0.211. The fourth-order valence-corrected chi connectivity index (χ4v) is 2.64. The van der Waals surface area contributed by atoms with Crippen molar-refractivity contribution < 1.29 is 23.9 Å². The first-order valence-corrected chi connectivity index (χ1v) is 8.00. The van der Waals surface area contributed by atoms with Crippen molar-refractivity contribution in [3.05, 3.63) is 53.6 Å². The van der Waals surface area contributed by atoms with E-state index in [0.717, 1.165) is 5.56 Å². The summed E-state index contributed by atoms with van der Waals surface area (Å²) < 4.78 is 10.0. The molecular weight excluding hydrogens is 336 g/mol. The zero-order valence-corrected chi connectivity index (χ0v) is 14.4. The molecule has 1 N–H and O–H groups in total. The van der Waals surface area contributed by atoms with Gasteiger partial charge in [0.2, 0.25) is 5.91 Å². The molecule has 1 aliphatic rings. The van der Waals surface area contributed by atoms with Crippen LogP contribution in [0.4, 0.5) is 11.4 Å². The van der Waals surface area contributed by atoms with E-state index in [1.807, 2.05) is 19.1 Å². The molecule has 1 heterocycles. The molecule has 0 aliphatic carbocycles. The lowest BCUT2D eigenvalue weighted by Crippen LogP contribution is -2.43. The molecule has 0 saturated carbocycles. The van der Waals surface area contributed by atoms with E-state index < -0.39 is 5.97 Å². The first-order chi connectivity index (χ1) is 12.5. The molecule has 0 radical (unpaired) electrons.